The van der Waals surface area contributed by atoms with Crippen LogP contribution >= 0.6 is 0 Å². The molecule has 3 aromatic rings. The number of ether oxygens (including phenoxy) is 3. The van der Waals surface area contributed by atoms with Crippen LogP contribution in [0.2, 0.25) is 0 Å². The van der Waals surface area contributed by atoms with Gasteiger partial charge in [0.05, 0.1) is 26.7 Å². The van der Waals surface area contributed by atoms with Crippen molar-refractivity contribution in [1.29, 1.82) is 0 Å². The zero-order chi connectivity index (χ0) is 26.3. The van der Waals surface area contributed by atoms with Crippen molar-refractivity contribution in [1.82, 2.24) is 9.80 Å². The van der Waals surface area contributed by atoms with E-state index >= 15 is 0 Å². The first-order chi connectivity index (χ1) is 18.0. The van der Waals surface area contributed by atoms with Gasteiger partial charge >= 0.3 is 0 Å². The predicted octanol–water partition coefficient (Wildman–Crippen LogP) is 4.80. The Labute approximate surface area is 220 Å². The molecule has 0 spiro atoms. The van der Waals surface area contributed by atoms with Crippen LogP contribution < -0.4 is 14.2 Å². The van der Waals surface area contributed by atoms with E-state index in [0.717, 1.165) is 67.3 Å². The van der Waals surface area contributed by atoms with Crippen molar-refractivity contribution in [2.24, 2.45) is 0 Å². The molecule has 6 heteroatoms. The maximum absolute atomic E-state index is 14.3. The lowest BCUT2D eigenvalue weighted by Crippen LogP contribution is -2.53. The SMILES string of the molecule is COc1ccc(C2(c3ccc(OC)cc3)CCCN(CCN(C)CCc3cccc(OC)c3)C2=O)cc1. The van der Waals surface area contributed by atoms with E-state index in [1.165, 1.54) is 5.56 Å². The number of piperidine rings is 1. The summed E-state index contributed by atoms with van der Waals surface area (Å²) < 4.78 is 16.1. The number of hydrogen-bond acceptors (Lipinski definition) is 5. The fourth-order valence-electron chi connectivity index (χ4n) is 5.23. The zero-order valence-electron chi connectivity index (χ0n) is 22.4. The lowest BCUT2D eigenvalue weighted by Gasteiger charge is -2.43. The molecule has 1 aliphatic rings. The first-order valence-electron chi connectivity index (χ1n) is 12.9. The Kier molecular flexibility index (Phi) is 8.72. The molecule has 3 aromatic carbocycles. The molecule has 196 valence electrons. The second kappa shape index (κ2) is 12.2. The van der Waals surface area contributed by atoms with E-state index in [9.17, 15) is 4.79 Å². The van der Waals surface area contributed by atoms with Gasteiger partial charge in [-0.05, 0) is 79.4 Å². The second-order valence-electron chi connectivity index (χ2n) is 9.66. The number of benzene rings is 3. The average Bonchev–Trinajstić information content (AvgIpc) is 2.96. The van der Waals surface area contributed by atoms with Gasteiger partial charge in [0.2, 0.25) is 5.91 Å². The van der Waals surface area contributed by atoms with Crippen LogP contribution in [0.5, 0.6) is 17.2 Å². The van der Waals surface area contributed by atoms with E-state index in [4.69, 9.17) is 14.2 Å². The van der Waals surface area contributed by atoms with E-state index in [1.807, 2.05) is 65.6 Å². The third kappa shape index (κ3) is 5.91. The number of hydrogen-bond donors (Lipinski definition) is 0. The summed E-state index contributed by atoms with van der Waals surface area (Å²) >= 11 is 0. The molecule has 0 N–H and O–H groups in total. The highest BCUT2D eigenvalue weighted by atomic mass is 16.5. The van der Waals surface area contributed by atoms with E-state index in [-0.39, 0.29) is 5.91 Å². The maximum Gasteiger partial charge on any atom is 0.237 e. The highest BCUT2D eigenvalue weighted by Gasteiger charge is 2.46. The van der Waals surface area contributed by atoms with E-state index in [0.29, 0.717) is 6.54 Å². The van der Waals surface area contributed by atoms with Gasteiger partial charge in [0.25, 0.3) is 0 Å². The van der Waals surface area contributed by atoms with Crippen LogP contribution in [0.15, 0.2) is 72.8 Å². The number of carbonyl (C=O) groups is 1. The van der Waals surface area contributed by atoms with Crippen molar-refractivity contribution in [3.8, 4) is 17.2 Å². The molecular weight excluding hydrogens is 464 g/mol. The molecule has 0 unspecified atom stereocenters. The van der Waals surface area contributed by atoms with Gasteiger partial charge in [-0.2, -0.15) is 0 Å². The summed E-state index contributed by atoms with van der Waals surface area (Å²) in [5.41, 5.74) is 2.52. The summed E-state index contributed by atoms with van der Waals surface area (Å²) in [7, 11) is 7.13. The molecule has 1 amide bonds. The summed E-state index contributed by atoms with van der Waals surface area (Å²) in [5.74, 6) is 2.61. The molecule has 4 rings (SSSR count). The fraction of sp³-hybridized carbons (Fsp3) is 0.387. The van der Waals surface area contributed by atoms with Crippen LogP contribution in [0.25, 0.3) is 0 Å². The Bertz CT molecular complexity index is 1110. The topological polar surface area (TPSA) is 51.2 Å². The van der Waals surface area contributed by atoms with Crippen molar-refractivity contribution < 1.29 is 19.0 Å². The first-order valence-corrected chi connectivity index (χ1v) is 12.9. The van der Waals surface area contributed by atoms with Gasteiger partial charge in [0.15, 0.2) is 0 Å². The predicted molar refractivity (Wildman–Crippen MR) is 147 cm³/mol. The van der Waals surface area contributed by atoms with Gasteiger partial charge in [-0.3, -0.25) is 4.79 Å². The van der Waals surface area contributed by atoms with Gasteiger partial charge in [0.1, 0.15) is 17.2 Å². The molecule has 0 atom stereocenters. The Hall–Kier alpha value is -3.51. The number of amides is 1. The summed E-state index contributed by atoms with van der Waals surface area (Å²) in [5, 5.41) is 0. The average molecular weight is 503 g/mol. The molecule has 6 nitrogen and oxygen atoms in total. The van der Waals surface area contributed by atoms with E-state index in [2.05, 4.69) is 24.1 Å². The molecule has 1 saturated heterocycles. The van der Waals surface area contributed by atoms with E-state index in [1.54, 1.807) is 21.3 Å². The van der Waals surface area contributed by atoms with Crippen molar-refractivity contribution >= 4 is 5.91 Å². The lowest BCUT2D eigenvalue weighted by molar-refractivity contribution is -0.139. The standard InChI is InChI=1S/C31H38N2O4/c1-32(20-17-24-7-5-8-29(23-24)37-4)21-22-33-19-6-18-31(30(33)34,25-9-13-27(35-2)14-10-25)26-11-15-28(36-3)16-12-26/h5,7-16,23H,6,17-22H2,1-4H3. The minimum absolute atomic E-state index is 0.162. The number of likely N-dealkylation sites (tertiary alicyclic amines) is 1. The van der Waals surface area contributed by atoms with Crippen molar-refractivity contribution in [2.75, 3.05) is 54.6 Å². The summed E-state index contributed by atoms with van der Waals surface area (Å²) in [4.78, 5) is 18.6. The van der Waals surface area contributed by atoms with Gasteiger partial charge < -0.3 is 24.0 Å². The normalized spacial score (nSPS) is 15.1. The molecule has 37 heavy (non-hydrogen) atoms. The maximum atomic E-state index is 14.3. The Morgan fingerprint density at radius 1 is 0.811 bits per heavy atom. The molecule has 0 saturated carbocycles. The fourth-order valence-corrected chi connectivity index (χ4v) is 5.23. The van der Waals surface area contributed by atoms with Crippen LogP contribution in [0.3, 0.4) is 0 Å². The molecule has 1 aliphatic heterocycles. The van der Waals surface area contributed by atoms with Gasteiger partial charge in [-0.25, -0.2) is 0 Å². The molecule has 0 bridgehead atoms. The minimum Gasteiger partial charge on any atom is -0.497 e. The van der Waals surface area contributed by atoms with Gasteiger partial charge in [0, 0.05) is 26.2 Å². The highest BCUT2D eigenvalue weighted by molar-refractivity contribution is 5.93. The number of rotatable bonds is 11. The second-order valence-corrected chi connectivity index (χ2v) is 9.66. The van der Waals surface area contributed by atoms with Crippen LogP contribution in [0.1, 0.15) is 29.5 Å². The summed E-state index contributed by atoms with van der Waals surface area (Å²) in [6.45, 7) is 3.20. The quantitative estimate of drug-likeness (QED) is 0.377. The number of methoxy groups -OCH3 is 3. The highest BCUT2D eigenvalue weighted by Crippen LogP contribution is 2.42. The van der Waals surface area contributed by atoms with Crippen molar-refractivity contribution in [2.45, 2.75) is 24.7 Å². The Morgan fingerprint density at radius 3 is 1.97 bits per heavy atom. The minimum atomic E-state index is -0.726. The number of carbonyl (C=O) groups excluding carboxylic acids is 1. The van der Waals surface area contributed by atoms with E-state index < -0.39 is 5.41 Å². The zero-order valence-corrected chi connectivity index (χ0v) is 22.4. The molecular formula is C31H38N2O4. The van der Waals surface area contributed by atoms with Crippen LogP contribution in [0, 0.1) is 0 Å². The first kappa shape index (κ1) is 26.6. The molecule has 0 radical (unpaired) electrons. The molecule has 1 heterocycles. The third-order valence-corrected chi connectivity index (χ3v) is 7.47. The van der Waals surface area contributed by atoms with Crippen LogP contribution in [-0.2, 0) is 16.6 Å². The number of likely N-dealkylation sites (N-methyl/N-ethyl adjacent to an activating group) is 1. The Morgan fingerprint density at radius 2 is 1.41 bits per heavy atom. The van der Waals surface area contributed by atoms with Crippen LogP contribution in [-0.4, -0.2) is 70.3 Å². The Balaban J connectivity index is 1.50. The van der Waals surface area contributed by atoms with Crippen LogP contribution in [0.4, 0.5) is 0 Å². The van der Waals surface area contributed by atoms with Gasteiger partial charge in [-0.1, -0.05) is 36.4 Å². The summed E-state index contributed by atoms with van der Waals surface area (Å²) in [6, 6.07) is 24.1. The monoisotopic (exact) mass is 502 g/mol. The van der Waals surface area contributed by atoms with Crippen molar-refractivity contribution in [3.63, 3.8) is 0 Å². The molecule has 0 aliphatic carbocycles. The van der Waals surface area contributed by atoms with Gasteiger partial charge in [-0.15, -0.1) is 0 Å². The number of nitrogens with zero attached hydrogens (tertiary/aromatic N) is 2. The molecule has 1 fully saturated rings. The largest absolute Gasteiger partial charge is 0.497 e. The molecule has 0 aromatic heterocycles. The summed E-state index contributed by atoms with van der Waals surface area (Å²) in [6.07, 6.45) is 2.65. The third-order valence-electron chi connectivity index (χ3n) is 7.47. The lowest BCUT2D eigenvalue weighted by atomic mass is 9.68. The smallest absolute Gasteiger partial charge is 0.237 e. The van der Waals surface area contributed by atoms with Crippen molar-refractivity contribution in [3.05, 3.63) is 89.5 Å².